The number of aromatic hydroxyl groups is 1. The number of ketones is 1. The van der Waals surface area contributed by atoms with E-state index in [-0.39, 0.29) is 35.0 Å². The molecule has 1 aliphatic rings. The van der Waals surface area contributed by atoms with E-state index in [1.807, 2.05) is 13.0 Å². The van der Waals surface area contributed by atoms with E-state index in [1.54, 1.807) is 46.1 Å². The monoisotopic (exact) mass is 670 g/mol. The summed E-state index contributed by atoms with van der Waals surface area (Å²) in [5.41, 5.74) is 3.52. The molecule has 0 saturated carbocycles. The van der Waals surface area contributed by atoms with Crippen molar-refractivity contribution in [3.63, 3.8) is 0 Å². The van der Waals surface area contributed by atoms with E-state index >= 15 is 0 Å². The van der Waals surface area contributed by atoms with Crippen LogP contribution in [0.25, 0.3) is 6.08 Å². The molecule has 0 radical (unpaired) electrons. The van der Waals surface area contributed by atoms with Gasteiger partial charge in [0.2, 0.25) is 5.75 Å². The molecule has 3 aromatic rings. The van der Waals surface area contributed by atoms with Gasteiger partial charge in [-0.05, 0) is 74.4 Å². The topological polar surface area (TPSA) is 125 Å². The van der Waals surface area contributed by atoms with Crippen LogP contribution >= 0.6 is 0 Å². The third kappa shape index (κ3) is 10.1. The van der Waals surface area contributed by atoms with Crippen molar-refractivity contribution in [2.24, 2.45) is 5.41 Å². The summed E-state index contributed by atoms with van der Waals surface area (Å²) in [5, 5.41) is 19.1. The van der Waals surface area contributed by atoms with Crippen molar-refractivity contribution < 1.29 is 33.6 Å². The molecule has 4 rings (SSSR count). The van der Waals surface area contributed by atoms with Crippen molar-refractivity contribution in [3.05, 3.63) is 95.0 Å². The van der Waals surface area contributed by atoms with E-state index in [2.05, 4.69) is 43.2 Å². The number of benzene rings is 2. The lowest BCUT2D eigenvalue weighted by atomic mass is 9.87. The average molecular weight is 671 g/mol. The molecule has 49 heavy (non-hydrogen) atoms. The number of aromatic nitrogens is 3. The molecule has 11 heteroatoms. The Morgan fingerprint density at radius 3 is 2.45 bits per heavy atom. The van der Waals surface area contributed by atoms with E-state index in [4.69, 9.17) is 18.9 Å². The predicted octanol–water partition coefficient (Wildman–Crippen LogP) is 6.93. The van der Waals surface area contributed by atoms with Gasteiger partial charge in [0.25, 0.3) is 5.91 Å². The number of carbonyl (C=O) groups excluding carboxylic acids is 2. The Morgan fingerprint density at radius 1 is 1.04 bits per heavy atom. The fourth-order valence-electron chi connectivity index (χ4n) is 5.20. The Labute approximate surface area is 288 Å². The molecular formula is C38H46N4O7. The summed E-state index contributed by atoms with van der Waals surface area (Å²) in [7, 11) is 4.55. The quantitative estimate of drug-likeness (QED) is 0.124. The van der Waals surface area contributed by atoms with Gasteiger partial charge in [-0.15, -0.1) is 5.10 Å². The molecule has 0 atom stereocenters. The Balaban J connectivity index is 1.35. The molecule has 0 aliphatic carbocycles. The summed E-state index contributed by atoms with van der Waals surface area (Å²) >= 11 is 0. The van der Waals surface area contributed by atoms with Crippen molar-refractivity contribution in [1.29, 1.82) is 0 Å². The Kier molecular flexibility index (Phi) is 12.4. The van der Waals surface area contributed by atoms with Gasteiger partial charge in [-0.3, -0.25) is 9.59 Å². The number of methoxy groups -OCH3 is 3. The van der Waals surface area contributed by atoms with Gasteiger partial charge < -0.3 is 29.0 Å². The largest absolute Gasteiger partial charge is 0.507 e. The molecule has 0 unspecified atom stereocenters. The number of phenols is 1. The van der Waals surface area contributed by atoms with Gasteiger partial charge in [0, 0.05) is 17.8 Å². The lowest BCUT2D eigenvalue weighted by molar-refractivity contribution is -0.124. The molecule has 11 nitrogen and oxygen atoms in total. The van der Waals surface area contributed by atoms with Gasteiger partial charge in [-0.25, -0.2) is 4.68 Å². The number of phenolic OH excluding ortho intramolecular Hbond substituents is 1. The number of rotatable bonds is 12. The number of carbonyl (C=O) groups is 2. The molecule has 1 aliphatic heterocycles. The molecule has 1 N–H and O–H groups in total. The van der Waals surface area contributed by atoms with Crippen LogP contribution in [0, 0.1) is 5.41 Å². The maximum absolute atomic E-state index is 13.2. The normalized spacial score (nSPS) is 18.0. The highest BCUT2D eigenvalue weighted by Gasteiger charge is 2.19. The average Bonchev–Trinajstić information content (AvgIpc) is 3.53. The standard InChI is InChI=1S/C38H46N4O7/c1-26-9-8-10-27(2)42(36(45)16-18-38(3,4)17-15-26)25-29-24-41(40-39-29)19-20-49-30-12-13-31(33(44)23-30)32(43)14-11-28-21-34(46-5)37(48-7)35(22-28)47-6/h10-16,18,21-24,44H,8-9,17,19-20,25H2,1-7H3/b14-11+,18-16+,26-15+,27-10+. The maximum Gasteiger partial charge on any atom is 0.250 e. The fourth-order valence-corrected chi connectivity index (χ4v) is 5.20. The van der Waals surface area contributed by atoms with Crippen molar-refractivity contribution in [3.8, 4) is 28.7 Å². The van der Waals surface area contributed by atoms with Crippen LogP contribution in [0.5, 0.6) is 28.7 Å². The Hall–Kier alpha value is -5.32. The number of hydrogen-bond acceptors (Lipinski definition) is 9. The molecule has 0 bridgehead atoms. The summed E-state index contributed by atoms with van der Waals surface area (Å²) in [5.74, 6) is 1.07. The first-order valence-electron chi connectivity index (χ1n) is 16.1. The van der Waals surface area contributed by atoms with Crippen LogP contribution in [0.3, 0.4) is 0 Å². The molecule has 1 aromatic heterocycles. The molecule has 0 saturated heterocycles. The van der Waals surface area contributed by atoms with Crippen molar-refractivity contribution in [2.45, 2.75) is 60.0 Å². The van der Waals surface area contributed by atoms with Gasteiger partial charge in [0.05, 0.1) is 46.2 Å². The second kappa shape index (κ2) is 16.7. The first-order chi connectivity index (χ1) is 23.4. The van der Waals surface area contributed by atoms with Crippen LogP contribution in [-0.2, 0) is 17.9 Å². The van der Waals surface area contributed by atoms with E-state index in [9.17, 15) is 14.7 Å². The summed E-state index contributed by atoms with van der Waals surface area (Å²) in [4.78, 5) is 27.9. The molecule has 2 aromatic carbocycles. The molecular weight excluding hydrogens is 624 g/mol. The van der Waals surface area contributed by atoms with E-state index in [1.165, 1.54) is 45.1 Å². The summed E-state index contributed by atoms with van der Waals surface area (Å²) in [6.45, 7) is 9.26. The van der Waals surface area contributed by atoms with Gasteiger partial charge in [-0.2, -0.15) is 0 Å². The zero-order valence-electron chi connectivity index (χ0n) is 29.4. The number of ether oxygens (including phenoxy) is 4. The van der Waals surface area contributed by atoms with Crippen molar-refractivity contribution in [2.75, 3.05) is 27.9 Å². The minimum absolute atomic E-state index is 0.0978. The number of hydrogen-bond donors (Lipinski definition) is 1. The molecule has 2 heterocycles. The van der Waals surface area contributed by atoms with Crippen LogP contribution < -0.4 is 18.9 Å². The second-order valence-electron chi connectivity index (χ2n) is 12.5. The van der Waals surface area contributed by atoms with Crippen LogP contribution in [-0.4, -0.2) is 64.6 Å². The minimum atomic E-state index is -0.389. The number of nitrogens with zero attached hydrogens (tertiary/aromatic N) is 4. The zero-order valence-corrected chi connectivity index (χ0v) is 29.4. The minimum Gasteiger partial charge on any atom is -0.507 e. The molecule has 260 valence electrons. The number of allylic oxidation sites excluding steroid dienone is 6. The Morgan fingerprint density at radius 2 is 1.78 bits per heavy atom. The lowest BCUT2D eigenvalue weighted by Gasteiger charge is -2.23. The molecule has 0 fully saturated rings. The summed E-state index contributed by atoms with van der Waals surface area (Å²) in [6, 6.07) is 7.97. The van der Waals surface area contributed by atoms with Gasteiger partial charge in [0.1, 0.15) is 23.8 Å². The predicted molar refractivity (Wildman–Crippen MR) is 188 cm³/mol. The molecule has 0 spiro atoms. The van der Waals surface area contributed by atoms with Crippen molar-refractivity contribution >= 4 is 17.8 Å². The third-order valence-electron chi connectivity index (χ3n) is 8.17. The molecule has 1 amide bonds. The third-order valence-corrected chi connectivity index (χ3v) is 8.17. The first kappa shape index (κ1) is 36.5. The van der Waals surface area contributed by atoms with Gasteiger partial charge in [0.15, 0.2) is 17.3 Å². The SMILES string of the molecule is COc1cc(/C=C/C(=O)c2ccc(OCCn3cc(CN4C(=O)/C=C/C(C)(C)C/C=C(\C)CC/C=C/4C)nn3)cc2O)cc(OC)c1OC. The van der Waals surface area contributed by atoms with Crippen LogP contribution in [0.1, 0.15) is 68.6 Å². The van der Waals surface area contributed by atoms with Crippen molar-refractivity contribution in [1.82, 2.24) is 19.9 Å². The Bertz CT molecular complexity index is 1740. The van der Waals surface area contributed by atoms with E-state index < -0.39 is 0 Å². The van der Waals surface area contributed by atoms with Gasteiger partial charge in [-0.1, -0.05) is 48.9 Å². The highest BCUT2D eigenvalue weighted by Crippen LogP contribution is 2.38. The smallest absolute Gasteiger partial charge is 0.250 e. The van der Waals surface area contributed by atoms with Crippen LogP contribution in [0.4, 0.5) is 0 Å². The first-order valence-corrected chi connectivity index (χ1v) is 16.1. The number of amides is 1. The maximum atomic E-state index is 13.2. The van der Waals surface area contributed by atoms with Gasteiger partial charge >= 0.3 is 0 Å². The summed E-state index contributed by atoms with van der Waals surface area (Å²) < 4.78 is 23.5. The summed E-state index contributed by atoms with van der Waals surface area (Å²) in [6.07, 6.45) is 15.4. The highest BCUT2D eigenvalue weighted by atomic mass is 16.5. The van der Waals surface area contributed by atoms with Crippen LogP contribution in [0.15, 0.2) is 78.2 Å². The highest BCUT2D eigenvalue weighted by molar-refractivity contribution is 6.08. The van der Waals surface area contributed by atoms with E-state index in [0.29, 0.717) is 47.3 Å². The van der Waals surface area contributed by atoms with Crippen LogP contribution in [0.2, 0.25) is 0 Å². The zero-order chi connectivity index (χ0) is 35.6. The van der Waals surface area contributed by atoms with E-state index in [0.717, 1.165) is 25.0 Å². The fraction of sp³-hybridized carbons (Fsp3) is 0.368. The second-order valence-corrected chi connectivity index (χ2v) is 12.5. The lowest BCUT2D eigenvalue weighted by Crippen LogP contribution is -2.28.